The number of anilines is 1. The molecule has 0 radical (unpaired) electrons. The van der Waals surface area contributed by atoms with Gasteiger partial charge < -0.3 is 30.5 Å². The molecule has 3 heterocycles. The van der Waals surface area contributed by atoms with E-state index >= 15 is 0 Å². The number of ether oxygens (including phenoxy) is 2. The molecular weight excluding hydrogens is 352 g/mol. The molecule has 3 rings (SSSR count). The average Bonchev–Trinajstić information content (AvgIpc) is 3.02. The molecule has 5 atom stereocenters. The van der Waals surface area contributed by atoms with E-state index in [9.17, 15) is 20.1 Å². The van der Waals surface area contributed by atoms with Gasteiger partial charge in [0.25, 0.3) is 0 Å². The van der Waals surface area contributed by atoms with Crippen molar-refractivity contribution in [2.45, 2.75) is 44.0 Å². The Balaban J connectivity index is 2.01. The molecule has 10 nitrogen and oxygen atoms in total. The maximum Gasteiger partial charge on any atom is 0.311 e. The summed E-state index contributed by atoms with van der Waals surface area (Å²) in [5.74, 6) is -2.43. The quantitative estimate of drug-likeness (QED) is 0.476. The predicted molar refractivity (Wildman–Crippen MR) is 88.9 cm³/mol. The molecular formula is C14H20N4O6S. The number of nitrogen functional groups attached to an aromatic ring is 1. The molecule has 0 saturated carbocycles. The Kier molecular flexibility index (Phi) is 4.67. The molecule has 138 valence electrons. The van der Waals surface area contributed by atoms with Crippen molar-refractivity contribution in [3.8, 4) is 0 Å². The Bertz CT molecular complexity index is 846. The van der Waals surface area contributed by atoms with Gasteiger partial charge in [0.05, 0.1) is 25.5 Å². The second-order valence-electron chi connectivity index (χ2n) is 5.62. The summed E-state index contributed by atoms with van der Waals surface area (Å²) in [6.07, 6.45) is -2.16. The van der Waals surface area contributed by atoms with Gasteiger partial charge in [-0.15, -0.1) is 0 Å². The molecule has 5 N–H and O–H groups in total. The van der Waals surface area contributed by atoms with Gasteiger partial charge in [-0.05, 0) is 6.42 Å². The van der Waals surface area contributed by atoms with Crippen molar-refractivity contribution >= 4 is 27.6 Å². The minimum absolute atomic E-state index is 0.0732. The normalized spacial score (nSPS) is 31.4. The standard InChI is InChI=1S/C14H20N4O6S/c1-2-3-4-23-14(22)8(6-19)24-11(9(14)20)18-10-7(25-13(18)21)5-16-12(15)17-10/h5,8-9,11,19-20,22H,2-4,6H2,1H3,(H2,15,16,17)/t8-,9+,11?,14-/m1/s1/i4D/t4?,8-,9+,11?,14-. The van der Waals surface area contributed by atoms with E-state index in [1.54, 1.807) is 0 Å². The Hall–Kier alpha value is -1.63. The smallest absolute Gasteiger partial charge is 0.311 e. The van der Waals surface area contributed by atoms with E-state index in [1.807, 2.05) is 6.92 Å². The molecule has 0 spiro atoms. The average molecular weight is 373 g/mol. The third-order valence-corrected chi connectivity index (χ3v) is 4.81. The zero-order chi connectivity index (χ0) is 19.1. The van der Waals surface area contributed by atoms with E-state index in [4.69, 9.17) is 16.6 Å². The number of nitrogens with zero attached hydrogens (tertiary/aromatic N) is 3. The lowest BCUT2D eigenvalue weighted by Crippen LogP contribution is -2.51. The van der Waals surface area contributed by atoms with Crippen molar-refractivity contribution < 1.29 is 26.2 Å². The van der Waals surface area contributed by atoms with Gasteiger partial charge in [0, 0.05) is 0 Å². The summed E-state index contributed by atoms with van der Waals surface area (Å²) in [5, 5.41) is 30.9. The van der Waals surface area contributed by atoms with Crippen LogP contribution in [0.1, 0.15) is 27.4 Å². The maximum atomic E-state index is 12.4. The highest BCUT2D eigenvalue weighted by Crippen LogP contribution is 2.39. The molecule has 1 aliphatic heterocycles. The Morgan fingerprint density at radius 2 is 2.40 bits per heavy atom. The lowest BCUT2D eigenvalue weighted by molar-refractivity contribution is -0.266. The van der Waals surface area contributed by atoms with Gasteiger partial charge in [-0.1, -0.05) is 24.7 Å². The van der Waals surface area contributed by atoms with Crippen LogP contribution in [0, 0.1) is 0 Å². The first-order valence-electron chi connectivity index (χ1n) is 8.30. The lowest BCUT2D eigenvalue weighted by atomic mass is 10.1. The summed E-state index contributed by atoms with van der Waals surface area (Å²) in [6, 6.07) is 0. The van der Waals surface area contributed by atoms with Crippen LogP contribution in [0.4, 0.5) is 5.95 Å². The summed E-state index contributed by atoms with van der Waals surface area (Å²) < 4.78 is 20.1. The monoisotopic (exact) mass is 373 g/mol. The topological polar surface area (TPSA) is 153 Å². The second kappa shape index (κ2) is 6.94. The van der Waals surface area contributed by atoms with Crippen LogP contribution in [0.15, 0.2) is 11.0 Å². The molecule has 0 amide bonds. The highest BCUT2D eigenvalue weighted by molar-refractivity contribution is 7.16. The minimum Gasteiger partial charge on any atom is -0.393 e. The predicted octanol–water partition coefficient (Wildman–Crippen LogP) is -0.809. The van der Waals surface area contributed by atoms with Gasteiger partial charge in [0.2, 0.25) is 11.7 Å². The molecule has 1 saturated heterocycles. The van der Waals surface area contributed by atoms with E-state index in [1.165, 1.54) is 6.20 Å². The zero-order valence-electron chi connectivity index (χ0n) is 14.4. The minimum atomic E-state index is -2.35. The van der Waals surface area contributed by atoms with Gasteiger partial charge in [-0.3, -0.25) is 9.36 Å². The van der Waals surface area contributed by atoms with Gasteiger partial charge >= 0.3 is 4.87 Å². The molecule has 2 unspecified atom stereocenters. The van der Waals surface area contributed by atoms with Crippen LogP contribution in [0.3, 0.4) is 0 Å². The highest BCUT2D eigenvalue weighted by atomic mass is 32.1. The molecule has 0 bridgehead atoms. The van der Waals surface area contributed by atoms with Gasteiger partial charge in [0.15, 0.2) is 18.0 Å². The van der Waals surface area contributed by atoms with E-state index in [0.717, 1.165) is 15.9 Å². The Morgan fingerprint density at radius 3 is 3.08 bits per heavy atom. The fourth-order valence-corrected chi connectivity index (χ4v) is 3.46. The molecule has 1 aliphatic rings. The van der Waals surface area contributed by atoms with E-state index in [2.05, 4.69) is 9.97 Å². The van der Waals surface area contributed by atoms with Crippen LogP contribution >= 0.6 is 11.3 Å². The molecule has 1 fully saturated rings. The van der Waals surface area contributed by atoms with Crippen molar-refractivity contribution in [3.63, 3.8) is 0 Å². The van der Waals surface area contributed by atoms with Crippen molar-refractivity contribution in [2.75, 3.05) is 18.9 Å². The number of hydrogen-bond donors (Lipinski definition) is 4. The summed E-state index contributed by atoms with van der Waals surface area (Å²) >= 11 is 0.821. The number of hydrogen-bond acceptors (Lipinski definition) is 10. The molecule has 25 heavy (non-hydrogen) atoms. The van der Waals surface area contributed by atoms with Crippen LogP contribution in [0.2, 0.25) is 0 Å². The van der Waals surface area contributed by atoms with Crippen LogP contribution in [-0.2, 0) is 9.47 Å². The Labute approximate surface area is 147 Å². The number of aliphatic hydroxyl groups excluding tert-OH is 2. The van der Waals surface area contributed by atoms with E-state index in [-0.39, 0.29) is 11.6 Å². The lowest BCUT2D eigenvalue weighted by Gasteiger charge is -2.30. The Morgan fingerprint density at radius 1 is 1.64 bits per heavy atom. The van der Waals surface area contributed by atoms with Crippen LogP contribution < -0.4 is 10.6 Å². The van der Waals surface area contributed by atoms with Crippen LogP contribution in [0.25, 0.3) is 10.3 Å². The fourth-order valence-electron chi connectivity index (χ4n) is 2.64. The number of aliphatic hydroxyl groups is 3. The van der Waals surface area contributed by atoms with Gasteiger partial charge in [0.1, 0.15) is 6.10 Å². The molecule has 11 heteroatoms. The van der Waals surface area contributed by atoms with Crippen molar-refractivity contribution in [3.05, 3.63) is 15.9 Å². The number of rotatable bonds is 6. The zero-order valence-corrected chi connectivity index (χ0v) is 14.2. The number of thiazole rings is 1. The molecule has 0 aromatic carbocycles. The molecule has 2 aromatic heterocycles. The van der Waals surface area contributed by atoms with Crippen molar-refractivity contribution in [1.82, 2.24) is 14.5 Å². The third kappa shape index (κ3) is 3.03. The van der Waals surface area contributed by atoms with Gasteiger partial charge in [-0.2, -0.15) is 4.98 Å². The first-order valence-corrected chi connectivity index (χ1v) is 8.53. The van der Waals surface area contributed by atoms with Crippen molar-refractivity contribution in [2.24, 2.45) is 0 Å². The molecule has 2 aromatic rings. The first kappa shape index (κ1) is 16.8. The van der Waals surface area contributed by atoms with Crippen LogP contribution in [0.5, 0.6) is 0 Å². The highest BCUT2D eigenvalue weighted by Gasteiger charge is 2.57. The molecule has 0 aliphatic carbocycles. The van der Waals surface area contributed by atoms with E-state index < -0.39 is 42.3 Å². The number of aromatic nitrogens is 3. The summed E-state index contributed by atoms with van der Waals surface area (Å²) in [7, 11) is 0. The fraction of sp³-hybridized carbons (Fsp3) is 0.643. The summed E-state index contributed by atoms with van der Waals surface area (Å²) in [5.41, 5.74) is 5.70. The van der Waals surface area contributed by atoms with Gasteiger partial charge in [-0.25, -0.2) is 4.98 Å². The first-order chi connectivity index (χ1) is 12.3. The van der Waals surface area contributed by atoms with Crippen LogP contribution in [-0.4, -0.2) is 61.0 Å². The summed E-state index contributed by atoms with van der Waals surface area (Å²) in [4.78, 5) is 19.7. The number of nitrogens with two attached hydrogens (primary N) is 1. The summed E-state index contributed by atoms with van der Waals surface area (Å²) in [6.45, 7) is 0.0193. The van der Waals surface area contributed by atoms with Crippen molar-refractivity contribution in [1.29, 1.82) is 0 Å². The second-order valence-corrected chi connectivity index (χ2v) is 6.61. The largest absolute Gasteiger partial charge is 0.393 e. The van der Waals surface area contributed by atoms with E-state index in [0.29, 0.717) is 17.5 Å². The number of fused-ring (bicyclic) bond motifs is 1. The maximum absolute atomic E-state index is 12.4. The SMILES string of the molecule is [2H]C(CCC)O[C@]1(O)[C@@H](CO)OC(n2c(=O)sc3cnc(N)nc32)[C@@H]1O. The third-order valence-electron chi connectivity index (χ3n) is 3.93.